The molecule has 21 heavy (non-hydrogen) atoms. The van der Waals surface area contributed by atoms with Crippen molar-refractivity contribution < 1.29 is 14.4 Å². The van der Waals surface area contributed by atoms with Gasteiger partial charge in [-0.1, -0.05) is 6.07 Å². The number of nitrogens with one attached hydrogen (secondary N) is 1. The molecule has 1 aliphatic heterocycles. The van der Waals surface area contributed by atoms with Crippen LogP contribution in [0.4, 0.5) is 0 Å². The van der Waals surface area contributed by atoms with Crippen molar-refractivity contribution in [2.75, 3.05) is 32.7 Å². The average molecular weight is 310 g/mol. The van der Waals surface area contributed by atoms with Gasteiger partial charge in [0.2, 0.25) is 0 Å². The molecule has 0 aromatic carbocycles. The first kappa shape index (κ1) is 16.0. The summed E-state index contributed by atoms with van der Waals surface area (Å²) in [6, 6.07) is 4.13. The van der Waals surface area contributed by atoms with Gasteiger partial charge in [-0.05, 0) is 32.2 Å². The van der Waals surface area contributed by atoms with Crippen molar-refractivity contribution in [1.82, 2.24) is 4.90 Å². The smallest absolute Gasteiger partial charge is 0.296 e. The van der Waals surface area contributed by atoms with E-state index >= 15 is 0 Å². The highest BCUT2D eigenvalue weighted by Crippen LogP contribution is 2.11. The first-order valence-corrected chi connectivity index (χ1v) is 8.39. The number of aliphatic imine (C=N–C) groups is 1. The number of hydrogen-bond acceptors (Lipinski definition) is 3. The van der Waals surface area contributed by atoms with Crippen molar-refractivity contribution in [3.8, 4) is 0 Å². The van der Waals surface area contributed by atoms with Crippen LogP contribution in [0.2, 0.25) is 0 Å². The van der Waals surface area contributed by atoms with E-state index in [9.17, 15) is 4.79 Å². The normalized spacial score (nSPS) is 17.3. The molecule has 1 aromatic rings. The Kier molecular flexibility index (Phi) is 5.76. The van der Waals surface area contributed by atoms with Crippen LogP contribution in [-0.2, 0) is 4.74 Å². The molecule has 1 fully saturated rings. The molecule has 6 heteroatoms. The SMILES string of the molecule is CC[NH+]1CCN(C(=NC(=O)c2cccs2)OC(C)C)CC1. The summed E-state index contributed by atoms with van der Waals surface area (Å²) in [5.41, 5.74) is 0. The average Bonchev–Trinajstić information content (AvgIpc) is 3.00. The monoisotopic (exact) mass is 310 g/mol. The van der Waals surface area contributed by atoms with E-state index in [1.165, 1.54) is 11.3 Å². The van der Waals surface area contributed by atoms with Gasteiger partial charge in [-0.2, -0.15) is 4.99 Å². The van der Waals surface area contributed by atoms with E-state index < -0.39 is 0 Å². The number of rotatable bonds is 3. The van der Waals surface area contributed by atoms with E-state index in [2.05, 4.69) is 16.8 Å². The molecule has 0 aliphatic carbocycles. The highest BCUT2D eigenvalue weighted by atomic mass is 32.1. The molecule has 0 atom stereocenters. The lowest BCUT2D eigenvalue weighted by Gasteiger charge is -2.33. The minimum Gasteiger partial charge on any atom is -0.462 e. The number of quaternary nitrogens is 1. The van der Waals surface area contributed by atoms with Crippen LogP contribution in [0.25, 0.3) is 0 Å². The van der Waals surface area contributed by atoms with Gasteiger partial charge in [-0.3, -0.25) is 4.79 Å². The number of hydrogen-bond donors (Lipinski definition) is 1. The second kappa shape index (κ2) is 7.56. The Labute approximate surface area is 130 Å². The summed E-state index contributed by atoms with van der Waals surface area (Å²) < 4.78 is 5.78. The maximum absolute atomic E-state index is 12.2. The van der Waals surface area contributed by atoms with Gasteiger partial charge in [-0.15, -0.1) is 11.3 Å². The van der Waals surface area contributed by atoms with Gasteiger partial charge in [0.25, 0.3) is 11.9 Å². The highest BCUT2D eigenvalue weighted by Gasteiger charge is 2.24. The fourth-order valence-electron chi connectivity index (χ4n) is 2.29. The Hall–Kier alpha value is -1.40. The number of carbonyl (C=O) groups is 1. The van der Waals surface area contributed by atoms with Crippen molar-refractivity contribution in [2.45, 2.75) is 26.9 Å². The van der Waals surface area contributed by atoms with Crippen molar-refractivity contribution in [3.63, 3.8) is 0 Å². The Balaban J connectivity index is 2.09. The molecule has 0 spiro atoms. The third-order valence-corrected chi connectivity index (χ3v) is 4.37. The molecule has 1 N–H and O–H groups in total. The number of ether oxygens (including phenoxy) is 1. The number of carbonyl (C=O) groups excluding carboxylic acids is 1. The minimum atomic E-state index is -0.217. The van der Waals surface area contributed by atoms with Gasteiger partial charge in [0.15, 0.2) is 0 Å². The molecule has 2 rings (SSSR count). The van der Waals surface area contributed by atoms with Crippen LogP contribution in [0.5, 0.6) is 0 Å². The van der Waals surface area contributed by atoms with Gasteiger partial charge in [0.1, 0.15) is 0 Å². The van der Waals surface area contributed by atoms with Gasteiger partial charge in [0.05, 0.1) is 43.7 Å². The zero-order valence-electron chi connectivity index (χ0n) is 13.0. The van der Waals surface area contributed by atoms with E-state index in [0.717, 1.165) is 32.7 Å². The molecular formula is C15H24N3O2S+. The maximum Gasteiger partial charge on any atom is 0.296 e. The Bertz CT molecular complexity index is 477. The first-order chi connectivity index (χ1) is 10.1. The fourth-order valence-corrected chi connectivity index (χ4v) is 2.90. The molecule has 116 valence electrons. The Morgan fingerprint density at radius 1 is 1.48 bits per heavy atom. The van der Waals surface area contributed by atoms with Crippen LogP contribution in [0.15, 0.2) is 22.5 Å². The third-order valence-electron chi connectivity index (χ3n) is 3.51. The molecule has 2 heterocycles. The largest absolute Gasteiger partial charge is 0.462 e. The molecule has 0 saturated carbocycles. The van der Waals surface area contributed by atoms with Crippen LogP contribution >= 0.6 is 11.3 Å². The molecule has 5 nitrogen and oxygen atoms in total. The second-order valence-electron chi connectivity index (χ2n) is 5.43. The van der Waals surface area contributed by atoms with Crippen LogP contribution < -0.4 is 4.90 Å². The lowest BCUT2D eigenvalue weighted by molar-refractivity contribution is -0.902. The van der Waals surface area contributed by atoms with E-state index in [0.29, 0.717) is 10.9 Å². The summed E-state index contributed by atoms with van der Waals surface area (Å²) >= 11 is 1.41. The topological polar surface area (TPSA) is 46.3 Å². The maximum atomic E-state index is 12.2. The van der Waals surface area contributed by atoms with Crippen molar-refractivity contribution >= 4 is 23.3 Å². The predicted molar refractivity (Wildman–Crippen MR) is 85.1 cm³/mol. The number of nitrogens with zero attached hydrogens (tertiary/aromatic N) is 2. The van der Waals surface area contributed by atoms with Crippen molar-refractivity contribution in [2.24, 2.45) is 4.99 Å². The van der Waals surface area contributed by atoms with Crippen LogP contribution in [0.1, 0.15) is 30.4 Å². The molecule has 1 aliphatic rings. The van der Waals surface area contributed by atoms with E-state index in [1.54, 1.807) is 11.0 Å². The summed E-state index contributed by atoms with van der Waals surface area (Å²) in [6.07, 6.45) is 0.0106. The van der Waals surface area contributed by atoms with Gasteiger partial charge >= 0.3 is 0 Å². The minimum absolute atomic E-state index is 0.0106. The standard InChI is InChI=1S/C15H23N3O2S/c1-4-17-7-9-18(10-8-17)15(20-12(2)3)16-14(19)13-6-5-11-21-13/h5-6,11-12H,4,7-10H2,1-3H3/p+1. The Morgan fingerprint density at radius 3 is 2.71 bits per heavy atom. The number of piperazine rings is 1. The molecule has 1 aromatic heterocycles. The second-order valence-corrected chi connectivity index (χ2v) is 6.38. The van der Waals surface area contributed by atoms with Gasteiger partial charge < -0.3 is 14.5 Å². The quantitative estimate of drug-likeness (QED) is 0.666. The zero-order chi connectivity index (χ0) is 15.2. The number of thiophene rings is 1. The predicted octanol–water partition coefficient (Wildman–Crippen LogP) is 0.890. The molecule has 0 radical (unpaired) electrons. The van der Waals surface area contributed by atoms with E-state index in [-0.39, 0.29) is 12.0 Å². The number of amides is 1. The molecular weight excluding hydrogens is 286 g/mol. The fraction of sp³-hybridized carbons (Fsp3) is 0.600. The first-order valence-electron chi connectivity index (χ1n) is 7.51. The lowest BCUT2D eigenvalue weighted by Crippen LogP contribution is -3.14. The van der Waals surface area contributed by atoms with Crippen molar-refractivity contribution in [3.05, 3.63) is 22.4 Å². The lowest BCUT2D eigenvalue weighted by atomic mass is 10.3. The van der Waals surface area contributed by atoms with Crippen LogP contribution in [-0.4, -0.2) is 55.7 Å². The van der Waals surface area contributed by atoms with Crippen LogP contribution in [0.3, 0.4) is 0 Å². The van der Waals surface area contributed by atoms with E-state index in [1.807, 2.05) is 25.3 Å². The molecule has 1 saturated heterocycles. The summed E-state index contributed by atoms with van der Waals surface area (Å²) in [5.74, 6) is -0.217. The van der Waals surface area contributed by atoms with E-state index in [4.69, 9.17) is 4.74 Å². The molecule has 0 bridgehead atoms. The summed E-state index contributed by atoms with van der Waals surface area (Å²) in [4.78, 5) is 20.7. The molecule has 1 amide bonds. The van der Waals surface area contributed by atoms with Crippen LogP contribution in [0, 0.1) is 0 Å². The zero-order valence-corrected chi connectivity index (χ0v) is 13.8. The van der Waals surface area contributed by atoms with Gasteiger partial charge in [0, 0.05) is 0 Å². The highest BCUT2D eigenvalue weighted by molar-refractivity contribution is 7.12. The number of amidine groups is 1. The number of likely N-dealkylation sites (N-methyl/N-ethyl adjacent to an activating group) is 1. The van der Waals surface area contributed by atoms with Gasteiger partial charge in [-0.25, -0.2) is 0 Å². The Morgan fingerprint density at radius 2 is 2.19 bits per heavy atom. The van der Waals surface area contributed by atoms with Crippen molar-refractivity contribution in [1.29, 1.82) is 0 Å². The summed E-state index contributed by atoms with van der Waals surface area (Å²) in [5, 5.41) is 1.88. The molecule has 0 unspecified atom stereocenters. The summed E-state index contributed by atoms with van der Waals surface area (Å²) in [6.45, 7) is 11.1. The summed E-state index contributed by atoms with van der Waals surface area (Å²) in [7, 11) is 0. The third kappa shape index (κ3) is 4.54.